The summed E-state index contributed by atoms with van der Waals surface area (Å²) in [6, 6.07) is -0.848. The Morgan fingerprint density at radius 3 is 1.47 bits per heavy atom. The number of quaternary nitrogens is 1. The van der Waals surface area contributed by atoms with Crippen LogP contribution in [0.5, 0.6) is 0 Å². The number of phosphoric ester groups is 1. The second kappa shape index (κ2) is 40.6. The van der Waals surface area contributed by atoms with Gasteiger partial charge in [0.1, 0.15) is 13.2 Å². The molecule has 0 spiro atoms. The zero-order chi connectivity index (χ0) is 42.8. The van der Waals surface area contributed by atoms with Crippen LogP contribution in [0.4, 0.5) is 0 Å². The number of carbonyl (C=O) groups excluding carboxylic acids is 1. The van der Waals surface area contributed by atoms with Crippen molar-refractivity contribution in [3.8, 4) is 0 Å². The van der Waals surface area contributed by atoms with E-state index in [-0.39, 0.29) is 25.5 Å². The number of hydrogen-bond acceptors (Lipinski definition) is 6. The Hall–Kier alpha value is -1.80. The summed E-state index contributed by atoms with van der Waals surface area (Å²) in [7, 11) is 1.25. The van der Waals surface area contributed by atoms with Crippen molar-refractivity contribution in [2.45, 2.75) is 206 Å². The van der Waals surface area contributed by atoms with Gasteiger partial charge in [-0.25, -0.2) is 0 Å². The van der Waals surface area contributed by atoms with Crippen LogP contribution in [-0.4, -0.2) is 68.5 Å². The van der Waals surface area contributed by atoms with Crippen molar-refractivity contribution in [1.82, 2.24) is 5.32 Å². The number of phosphoric acid groups is 1. The normalized spacial score (nSPS) is 14.8. The van der Waals surface area contributed by atoms with Crippen LogP contribution < -0.4 is 10.2 Å². The molecule has 0 heterocycles. The van der Waals surface area contributed by atoms with Crippen LogP contribution in [0.3, 0.4) is 0 Å². The van der Waals surface area contributed by atoms with Crippen molar-refractivity contribution < 1.29 is 32.9 Å². The molecule has 3 atom stereocenters. The lowest BCUT2D eigenvalue weighted by Gasteiger charge is -2.30. The molecule has 0 aliphatic carbocycles. The fraction of sp³-hybridized carbons (Fsp3) is 0.776. The number of nitrogens with zero attached hydrogens (tertiary/aromatic N) is 1. The van der Waals surface area contributed by atoms with E-state index in [4.69, 9.17) is 9.05 Å². The second-order valence-electron chi connectivity index (χ2n) is 17.1. The summed E-state index contributed by atoms with van der Waals surface area (Å²) in [5.41, 5.74) is 0. The number of allylic oxidation sites excluding steroid dienone is 10. The molecule has 9 heteroatoms. The van der Waals surface area contributed by atoms with Gasteiger partial charge in [0, 0.05) is 6.42 Å². The summed E-state index contributed by atoms with van der Waals surface area (Å²) in [6.07, 6.45) is 52.4. The van der Waals surface area contributed by atoms with Gasteiger partial charge in [-0.05, 0) is 77.0 Å². The quantitative estimate of drug-likeness (QED) is 0.0274. The zero-order valence-corrected chi connectivity index (χ0v) is 39.1. The first-order valence-electron chi connectivity index (χ1n) is 23.6. The van der Waals surface area contributed by atoms with E-state index in [1.807, 2.05) is 21.1 Å². The molecule has 0 fully saturated rings. The molecule has 0 rings (SSSR count). The average Bonchev–Trinajstić information content (AvgIpc) is 3.17. The van der Waals surface area contributed by atoms with Crippen LogP contribution in [0.15, 0.2) is 60.8 Å². The number of aliphatic hydroxyl groups excluding tert-OH is 1. The SMILES string of the molecule is CCCCCCCCC/C=C/C/C=C/C/C=C/C/C=C/CCCC(=O)N[C@@H](COP(=O)([O-])OCC[N+](C)(C)C)[C@H](O)CCCC/C=C/CCCCCCCCCCC. The summed E-state index contributed by atoms with van der Waals surface area (Å²) in [4.78, 5) is 25.3. The lowest BCUT2D eigenvalue weighted by Crippen LogP contribution is -2.46. The minimum Gasteiger partial charge on any atom is -0.756 e. The minimum absolute atomic E-state index is 0.00580. The van der Waals surface area contributed by atoms with Crippen molar-refractivity contribution in [1.29, 1.82) is 0 Å². The maximum absolute atomic E-state index is 12.9. The highest BCUT2D eigenvalue weighted by Crippen LogP contribution is 2.38. The van der Waals surface area contributed by atoms with Gasteiger partial charge in [0.05, 0.1) is 39.9 Å². The molecule has 0 bridgehead atoms. The Balaban J connectivity index is 4.48. The summed E-state index contributed by atoms with van der Waals surface area (Å²) < 4.78 is 23.2. The highest BCUT2D eigenvalue weighted by atomic mass is 31.2. The molecule has 0 aromatic heterocycles. The molecular formula is C49H91N2O6P. The molecule has 0 radical (unpaired) electrons. The van der Waals surface area contributed by atoms with Crippen molar-refractivity contribution in [3.63, 3.8) is 0 Å². The van der Waals surface area contributed by atoms with Gasteiger partial charge in [-0.2, -0.15) is 0 Å². The Kier molecular flexibility index (Phi) is 39.3. The third kappa shape index (κ3) is 42.3. The van der Waals surface area contributed by atoms with E-state index in [0.717, 1.165) is 51.4 Å². The van der Waals surface area contributed by atoms with Gasteiger partial charge < -0.3 is 28.8 Å². The Bertz CT molecular complexity index is 1130. The Morgan fingerprint density at radius 1 is 0.603 bits per heavy atom. The topological polar surface area (TPSA) is 108 Å². The summed E-state index contributed by atoms with van der Waals surface area (Å²) >= 11 is 0. The molecule has 0 aliphatic rings. The van der Waals surface area contributed by atoms with E-state index in [9.17, 15) is 19.4 Å². The molecule has 2 N–H and O–H groups in total. The molecule has 1 unspecified atom stereocenters. The molecule has 0 saturated heterocycles. The van der Waals surface area contributed by atoms with Crippen molar-refractivity contribution in [2.24, 2.45) is 0 Å². The van der Waals surface area contributed by atoms with E-state index in [0.29, 0.717) is 23.9 Å². The number of unbranched alkanes of at least 4 members (excludes halogenated alkanes) is 19. The fourth-order valence-corrected chi connectivity index (χ4v) is 7.16. The molecule has 0 aromatic rings. The van der Waals surface area contributed by atoms with Gasteiger partial charge in [0.2, 0.25) is 5.91 Å². The van der Waals surface area contributed by atoms with Gasteiger partial charge in [-0.1, -0.05) is 171 Å². The maximum Gasteiger partial charge on any atom is 0.268 e. The first-order valence-corrected chi connectivity index (χ1v) is 25.1. The first-order chi connectivity index (χ1) is 28.0. The number of rotatable bonds is 42. The predicted octanol–water partition coefficient (Wildman–Crippen LogP) is 12.8. The van der Waals surface area contributed by atoms with Crippen LogP contribution in [0.25, 0.3) is 0 Å². The van der Waals surface area contributed by atoms with E-state index in [1.165, 1.54) is 109 Å². The maximum atomic E-state index is 12.9. The minimum atomic E-state index is -4.59. The summed E-state index contributed by atoms with van der Waals surface area (Å²) in [5.74, 6) is -0.230. The third-order valence-electron chi connectivity index (χ3n) is 10.2. The van der Waals surface area contributed by atoms with Gasteiger partial charge in [-0.3, -0.25) is 9.36 Å². The van der Waals surface area contributed by atoms with Crippen LogP contribution in [-0.2, 0) is 18.4 Å². The standard InChI is InChI=1S/C49H91N2O6P/c1-6-8-10-12-14-16-18-20-22-23-24-25-26-27-29-31-33-35-37-39-41-43-49(53)50-47(46-57-58(54,55)56-45-44-51(3,4)5)48(52)42-40-38-36-34-32-30-28-21-19-17-15-13-11-9-7-2/h22-23,25-26,29,31-32,34-35,37,47-48,52H,6-21,24,27-28,30,33,36,38-46H2,1-5H3,(H-,50,53,54,55)/b23-22+,26-25+,31-29+,34-32+,37-35+/t47-,48+/m0/s1. The highest BCUT2D eigenvalue weighted by Gasteiger charge is 2.24. The smallest absolute Gasteiger partial charge is 0.268 e. The number of nitrogens with one attached hydrogen (secondary N) is 1. The van der Waals surface area contributed by atoms with Crippen LogP contribution in [0.2, 0.25) is 0 Å². The first kappa shape index (κ1) is 56.2. The largest absolute Gasteiger partial charge is 0.756 e. The number of carbonyl (C=O) groups is 1. The number of likely N-dealkylation sites (N-methyl/N-ethyl adjacent to an activating group) is 1. The average molecular weight is 835 g/mol. The number of aliphatic hydroxyl groups is 1. The fourth-order valence-electron chi connectivity index (χ4n) is 6.44. The zero-order valence-electron chi connectivity index (χ0n) is 38.2. The Labute approximate surface area is 358 Å². The van der Waals surface area contributed by atoms with E-state index in [2.05, 4.69) is 79.9 Å². The van der Waals surface area contributed by atoms with Gasteiger partial charge in [0.15, 0.2) is 0 Å². The number of hydrogen-bond donors (Lipinski definition) is 2. The van der Waals surface area contributed by atoms with Crippen LogP contribution >= 0.6 is 7.82 Å². The Morgan fingerprint density at radius 2 is 1.00 bits per heavy atom. The van der Waals surface area contributed by atoms with Gasteiger partial charge in [0.25, 0.3) is 7.82 Å². The van der Waals surface area contributed by atoms with Gasteiger partial charge in [-0.15, -0.1) is 0 Å². The monoisotopic (exact) mass is 835 g/mol. The lowest BCUT2D eigenvalue weighted by atomic mass is 10.0. The predicted molar refractivity (Wildman–Crippen MR) is 247 cm³/mol. The summed E-state index contributed by atoms with van der Waals surface area (Å²) in [5, 5.41) is 13.9. The van der Waals surface area contributed by atoms with E-state index in [1.54, 1.807) is 0 Å². The molecule has 338 valence electrons. The van der Waals surface area contributed by atoms with Crippen LogP contribution in [0.1, 0.15) is 194 Å². The van der Waals surface area contributed by atoms with E-state index >= 15 is 0 Å². The lowest BCUT2D eigenvalue weighted by molar-refractivity contribution is -0.870. The summed E-state index contributed by atoms with van der Waals surface area (Å²) in [6.45, 7) is 4.64. The molecule has 1 amide bonds. The number of amides is 1. The third-order valence-corrected chi connectivity index (χ3v) is 11.2. The molecule has 8 nitrogen and oxygen atoms in total. The second-order valence-corrected chi connectivity index (χ2v) is 18.5. The molecule has 0 saturated carbocycles. The highest BCUT2D eigenvalue weighted by molar-refractivity contribution is 7.45. The molecular weight excluding hydrogens is 744 g/mol. The van der Waals surface area contributed by atoms with E-state index < -0.39 is 20.0 Å². The van der Waals surface area contributed by atoms with Crippen molar-refractivity contribution in [2.75, 3.05) is 40.9 Å². The van der Waals surface area contributed by atoms with Crippen LogP contribution in [0, 0.1) is 0 Å². The van der Waals surface area contributed by atoms with Gasteiger partial charge >= 0.3 is 0 Å². The molecule has 58 heavy (non-hydrogen) atoms. The van der Waals surface area contributed by atoms with Crippen molar-refractivity contribution in [3.05, 3.63) is 60.8 Å². The van der Waals surface area contributed by atoms with Crippen molar-refractivity contribution >= 4 is 13.7 Å². The molecule has 0 aliphatic heterocycles. The molecule has 0 aromatic carbocycles.